The van der Waals surface area contributed by atoms with E-state index < -0.39 is 0 Å². The quantitative estimate of drug-likeness (QED) is 0.536. The van der Waals surface area contributed by atoms with Crippen LogP contribution in [0.1, 0.15) is 75.3 Å². The highest BCUT2D eigenvalue weighted by molar-refractivity contribution is 8.18. The summed E-state index contributed by atoms with van der Waals surface area (Å²) in [5.41, 5.74) is 9.38. The van der Waals surface area contributed by atoms with Crippen LogP contribution in [0.25, 0.3) is 17.2 Å². The van der Waals surface area contributed by atoms with Gasteiger partial charge in [-0.1, -0.05) is 65.0 Å². The summed E-state index contributed by atoms with van der Waals surface area (Å²) in [6.07, 6.45) is 5.11. The number of amides is 2. The minimum absolute atomic E-state index is 0.170. The third-order valence-electron chi connectivity index (χ3n) is 6.94. The van der Waals surface area contributed by atoms with Crippen molar-refractivity contribution in [3.63, 3.8) is 0 Å². The first-order valence-corrected chi connectivity index (χ1v) is 11.9. The summed E-state index contributed by atoms with van der Waals surface area (Å²) in [5.74, 6) is -0.312. The Morgan fingerprint density at radius 3 is 2.19 bits per heavy atom. The lowest BCUT2D eigenvalue weighted by Gasteiger charge is -2.42. The molecule has 2 amide bonds. The Morgan fingerprint density at radius 1 is 0.968 bits per heavy atom. The van der Waals surface area contributed by atoms with Gasteiger partial charge in [-0.3, -0.25) is 14.9 Å². The largest absolute Gasteiger partial charge is 0.290 e. The molecule has 0 bridgehead atoms. The lowest BCUT2D eigenvalue weighted by Crippen LogP contribution is -2.34. The summed E-state index contributed by atoms with van der Waals surface area (Å²) in [6.45, 7) is 13.8. The molecule has 31 heavy (non-hydrogen) atoms. The molecular formula is C27H31NO2S. The molecule has 4 heteroatoms. The maximum atomic E-state index is 11.9. The van der Waals surface area contributed by atoms with E-state index in [1.165, 1.54) is 46.2 Å². The van der Waals surface area contributed by atoms with Gasteiger partial charge in [-0.15, -0.1) is 0 Å². The molecule has 0 radical (unpaired) electrons. The molecular weight excluding hydrogens is 402 g/mol. The summed E-state index contributed by atoms with van der Waals surface area (Å²) < 4.78 is 0. The number of nitrogens with one attached hydrogen (secondary N) is 1. The van der Waals surface area contributed by atoms with Crippen LogP contribution in [0.5, 0.6) is 0 Å². The number of imide groups is 1. The minimum atomic E-state index is -0.312. The third-order valence-corrected chi connectivity index (χ3v) is 7.75. The number of carbonyl (C=O) groups is 2. The molecule has 0 atom stereocenters. The molecule has 1 saturated heterocycles. The molecule has 1 fully saturated rings. The van der Waals surface area contributed by atoms with Gasteiger partial charge in [0.05, 0.1) is 4.91 Å². The molecule has 1 heterocycles. The van der Waals surface area contributed by atoms with Crippen molar-refractivity contribution in [3.8, 4) is 11.1 Å². The smallest absolute Gasteiger partial charge is 0.282 e. The maximum absolute atomic E-state index is 11.9. The highest BCUT2D eigenvalue weighted by Gasteiger charge is 2.37. The molecule has 2 aromatic carbocycles. The topological polar surface area (TPSA) is 46.2 Å². The number of thioether (sulfide) groups is 1. The first-order chi connectivity index (χ1) is 14.5. The standard InChI is InChI=1S/C27H31NO2S/c1-7-18-13-17(14-23-24(29)28-25(30)31-23)8-9-19(18)20-15-22-21(12-16(20)2)26(3,4)10-11-27(22,5)6/h8-9,12-15H,7,10-11H2,1-6H3,(H,28,29,30)/b23-14-. The molecule has 1 N–H and O–H groups in total. The van der Waals surface area contributed by atoms with Gasteiger partial charge in [0.25, 0.3) is 11.1 Å². The molecule has 0 unspecified atom stereocenters. The Balaban J connectivity index is 1.81. The number of rotatable bonds is 3. The number of hydrogen-bond acceptors (Lipinski definition) is 3. The number of fused-ring (bicyclic) bond motifs is 1. The molecule has 1 aliphatic carbocycles. The number of carbonyl (C=O) groups excluding carboxylic acids is 2. The van der Waals surface area contributed by atoms with Crippen LogP contribution >= 0.6 is 11.8 Å². The number of benzene rings is 2. The second-order valence-electron chi connectivity index (χ2n) is 10.1. The Morgan fingerprint density at radius 2 is 1.61 bits per heavy atom. The predicted octanol–water partition coefficient (Wildman–Crippen LogP) is 6.90. The van der Waals surface area contributed by atoms with Crippen molar-refractivity contribution in [1.29, 1.82) is 0 Å². The van der Waals surface area contributed by atoms with Crippen LogP contribution in [0.15, 0.2) is 35.2 Å². The van der Waals surface area contributed by atoms with Crippen LogP contribution in [0.2, 0.25) is 0 Å². The van der Waals surface area contributed by atoms with Crippen LogP contribution in [0.3, 0.4) is 0 Å². The lowest BCUT2D eigenvalue weighted by molar-refractivity contribution is -0.115. The zero-order valence-electron chi connectivity index (χ0n) is 19.3. The molecule has 2 aliphatic rings. The Labute approximate surface area is 189 Å². The van der Waals surface area contributed by atoms with Crippen molar-refractivity contribution in [2.45, 2.75) is 71.6 Å². The maximum Gasteiger partial charge on any atom is 0.290 e. The molecule has 2 aromatic rings. The fraction of sp³-hybridized carbons (Fsp3) is 0.407. The Hall–Kier alpha value is -2.33. The summed E-state index contributed by atoms with van der Waals surface area (Å²) in [6, 6.07) is 11.2. The average Bonchev–Trinajstić information content (AvgIpc) is 3.02. The van der Waals surface area contributed by atoms with E-state index in [2.05, 4.69) is 71.1 Å². The van der Waals surface area contributed by atoms with Gasteiger partial charge in [-0.05, 0) is 93.8 Å². The monoisotopic (exact) mass is 433 g/mol. The normalized spacial score (nSPS) is 20.6. The Bertz CT molecular complexity index is 1120. The highest BCUT2D eigenvalue weighted by Crippen LogP contribution is 2.48. The van der Waals surface area contributed by atoms with Crippen LogP contribution in [-0.2, 0) is 22.0 Å². The van der Waals surface area contributed by atoms with Crippen LogP contribution in [0.4, 0.5) is 4.79 Å². The van der Waals surface area contributed by atoms with Gasteiger partial charge in [0.2, 0.25) is 0 Å². The van der Waals surface area contributed by atoms with Gasteiger partial charge in [0.1, 0.15) is 0 Å². The lowest BCUT2D eigenvalue weighted by atomic mass is 9.62. The van der Waals surface area contributed by atoms with Crippen molar-refractivity contribution in [1.82, 2.24) is 5.32 Å². The van der Waals surface area contributed by atoms with E-state index in [0.29, 0.717) is 4.91 Å². The first kappa shape index (κ1) is 21.9. The van der Waals surface area contributed by atoms with Crippen molar-refractivity contribution in [2.75, 3.05) is 0 Å². The van der Waals surface area contributed by atoms with Crippen LogP contribution in [0, 0.1) is 6.92 Å². The molecule has 4 rings (SSSR count). The van der Waals surface area contributed by atoms with E-state index in [-0.39, 0.29) is 22.0 Å². The Kier molecular flexibility index (Phi) is 5.41. The molecule has 0 aromatic heterocycles. The van der Waals surface area contributed by atoms with Crippen LogP contribution in [-0.4, -0.2) is 11.1 Å². The summed E-state index contributed by atoms with van der Waals surface area (Å²) in [7, 11) is 0. The first-order valence-electron chi connectivity index (χ1n) is 11.1. The summed E-state index contributed by atoms with van der Waals surface area (Å²) >= 11 is 0.961. The van der Waals surface area contributed by atoms with Crippen molar-refractivity contribution >= 4 is 29.0 Å². The van der Waals surface area contributed by atoms with Gasteiger partial charge in [-0.2, -0.15) is 0 Å². The van der Waals surface area contributed by atoms with E-state index in [0.717, 1.165) is 23.7 Å². The van der Waals surface area contributed by atoms with E-state index in [1.807, 2.05) is 6.07 Å². The van der Waals surface area contributed by atoms with Crippen molar-refractivity contribution < 1.29 is 9.59 Å². The average molecular weight is 434 g/mol. The van der Waals surface area contributed by atoms with Crippen molar-refractivity contribution in [2.24, 2.45) is 0 Å². The van der Waals surface area contributed by atoms with Gasteiger partial charge in [0, 0.05) is 0 Å². The number of aryl methyl sites for hydroxylation is 2. The highest BCUT2D eigenvalue weighted by atomic mass is 32.2. The number of hydrogen-bond donors (Lipinski definition) is 1. The van der Waals surface area contributed by atoms with Gasteiger partial charge in [0.15, 0.2) is 0 Å². The van der Waals surface area contributed by atoms with E-state index in [1.54, 1.807) is 6.08 Å². The second kappa shape index (κ2) is 7.67. The zero-order chi connectivity index (χ0) is 22.6. The zero-order valence-corrected chi connectivity index (χ0v) is 20.1. The fourth-order valence-corrected chi connectivity index (χ4v) is 5.53. The molecule has 162 valence electrons. The van der Waals surface area contributed by atoms with Gasteiger partial charge >= 0.3 is 0 Å². The summed E-state index contributed by atoms with van der Waals surface area (Å²) in [4.78, 5) is 23.8. The fourth-order valence-electron chi connectivity index (χ4n) is 4.84. The second-order valence-corrected chi connectivity index (χ2v) is 11.1. The molecule has 3 nitrogen and oxygen atoms in total. The van der Waals surface area contributed by atoms with E-state index in [9.17, 15) is 9.59 Å². The van der Waals surface area contributed by atoms with Gasteiger partial charge < -0.3 is 0 Å². The summed E-state index contributed by atoms with van der Waals surface area (Å²) in [5, 5.41) is 2.01. The molecule has 0 spiro atoms. The van der Waals surface area contributed by atoms with Crippen molar-refractivity contribution in [3.05, 3.63) is 63.1 Å². The van der Waals surface area contributed by atoms with E-state index in [4.69, 9.17) is 0 Å². The SMILES string of the molecule is CCc1cc(/C=C2\SC(=O)NC2=O)ccc1-c1cc2c(cc1C)C(C)(C)CCC2(C)C. The third kappa shape index (κ3) is 3.98. The molecule has 0 saturated carbocycles. The van der Waals surface area contributed by atoms with Gasteiger partial charge in [-0.25, -0.2) is 0 Å². The van der Waals surface area contributed by atoms with E-state index >= 15 is 0 Å². The molecule has 1 aliphatic heterocycles. The minimum Gasteiger partial charge on any atom is -0.282 e. The van der Waals surface area contributed by atoms with Crippen LogP contribution < -0.4 is 5.32 Å². The predicted molar refractivity (Wildman–Crippen MR) is 130 cm³/mol.